The maximum absolute atomic E-state index is 11.8. The molecule has 26 heavy (non-hydrogen) atoms. The summed E-state index contributed by atoms with van der Waals surface area (Å²) in [7, 11) is 0. The summed E-state index contributed by atoms with van der Waals surface area (Å²) in [6, 6.07) is 15.9. The molecule has 2 N–H and O–H groups in total. The highest BCUT2D eigenvalue weighted by atomic mass is 16.5. The summed E-state index contributed by atoms with van der Waals surface area (Å²) < 4.78 is 5.81. The predicted octanol–water partition coefficient (Wildman–Crippen LogP) is 3.32. The van der Waals surface area contributed by atoms with E-state index in [1.807, 2.05) is 42.5 Å². The van der Waals surface area contributed by atoms with Gasteiger partial charge in [-0.05, 0) is 17.7 Å². The first-order valence-electron chi connectivity index (χ1n) is 8.34. The average molecular weight is 347 g/mol. The molecule has 6 nitrogen and oxygen atoms in total. The molecule has 4 rings (SSSR count). The van der Waals surface area contributed by atoms with Crippen molar-refractivity contribution in [3.63, 3.8) is 0 Å². The quantitative estimate of drug-likeness (QED) is 0.753. The van der Waals surface area contributed by atoms with Crippen molar-refractivity contribution in [1.82, 2.24) is 9.97 Å². The van der Waals surface area contributed by atoms with Crippen molar-refractivity contribution in [2.24, 2.45) is 0 Å². The van der Waals surface area contributed by atoms with Gasteiger partial charge in [0.05, 0.1) is 12.3 Å². The monoisotopic (exact) mass is 347 g/mol. The van der Waals surface area contributed by atoms with E-state index in [0.717, 1.165) is 22.6 Å². The van der Waals surface area contributed by atoms with Crippen molar-refractivity contribution >= 4 is 11.8 Å². The predicted molar refractivity (Wildman–Crippen MR) is 97.1 cm³/mol. The SMILES string of the molecule is O=C(O)C(Nc1ncnc2c1CCOc1ccccc1-2)c1ccccc1. The van der Waals surface area contributed by atoms with E-state index in [1.165, 1.54) is 6.33 Å². The number of anilines is 1. The van der Waals surface area contributed by atoms with Gasteiger partial charge in [-0.1, -0.05) is 42.5 Å². The highest BCUT2D eigenvalue weighted by Crippen LogP contribution is 2.36. The van der Waals surface area contributed by atoms with Gasteiger partial charge in [-0.15, -0.1) is 0 Å². The van der Waals surface area contributed by atoms with Crippen molar-refractivity contribution in [3.05, 3.63) is 72.1 Å². The van der Waals surface area contributed by atoms with Crippen molar-refractivity contribution in [1.29, 1.82) is 0 Å². The molecule has 1 aromatic heterocycles. The number of rotatable bonds is 4. The topological polar surface area (TPSA) is 84.3 Å². The third-order valence-corrected chi connectivity index (χ3v) is 4.36. The second-order valence-corrected chi connectivity index (χ2v) is 5.97. The van der Waals surface area contributed by atoms with Gasteiger partial charge in [-0.25, -0.2) is 14.8 Å². The Labute approximate surface area is 150 Å². The van der Waals surface area contributed by atoms with Crippen LogP contribution in [0.4, 0.5) is 5.82 Å². The van der Waals surface area contributed by atoms with Gasteiger partial charge in [0.25, 0.3) is 0 Å². The Morgan fingerprint density at radius 2 is 1.85 bits per heavy atom. The highest BCUT2D eigenvalue weighted by molar-refractivity contribution is 5.81. The van der Waals surface area contributed by atoms with E-state index in [2.05, 4.69) is 15.3 Å². The van der Waals surface area contributed by atoms with Gasteiger partial charge in [0.2, 0.25) is 0 Å². The van der Waals surface area contributed by atoms with Crippen LogP contribution in [0.1, 0.15) is 17.2 Å². The minimum Gasteiger partial charge on any atom is -0.493 e. The summed E-state index contributed by atoms with van der Waals surface area (Å²) >= 11 is 0. The van der Waals surface area contributed by atoms with Crippen LogP contribution in [0.15, 0.2) is 60.9 Å². The zero-order valence-electron chi connectivity index (χ0n) is 13.9. The zero-order valence-corrected chi connectivity index (χ0v) is 13.9. The Balaban J connectivity index is 1.76. The van der Waals surface area contributed by atoms with Crippen molar-refractivity contribution in [2.45, 2.75) is 12.5 Å². The van der Waals surface area contributed by atoms with E-state index in [9.17, 15) is 9.90 Å². The zero-order chi connectivity index (χ0) is 17.9. The van der Waals surface area contributed by atoms with Crippen molar-refractivity contribution < 1.29 is 14.6 Å². The summed E-state index contributed by atoms with van der Waals surface area (Å²) in [5.74, 6) is 0.328. The third kappa shape index (κ3) is 2.97. The van der Waals surface area contributed by atoms with Gasteiger partial charge in [0, 0.05) is 17.5 Å². The number of hydrogen-bond donors (Lipinski definition) is 2. The minimum absolute atomic E-state index is 0.481. The molecular formula is C20H17N3O3. The smallest absolute Gasteiger partial charge is 0.330 e. The molecule has 0 radical (unpaired) electrons. The molecule has 6 heteroatoms. The molecule has 2 aromatic carbocycles. The van der Waals surface area contributed by atoms with E-state index < -0.39 is 12.0 Å². The number of carboxylic acids is 1. The number of benzene rings is 2. The van der Waals surface area contributed by atoms with Crippen LogP contribution in [0.2, 0.25) is 0 Å². The lowest BCUT2D eigenvalue weighted by atomic mass is 10.0. The van der Waals surface area contributed by atoms with Crippen LogP contribution in [0, 0.1) is 0 Å². The van der Waals surface area contributed by atoms with Crippen LogP contribution in [0.25, 0.3) is 11.3 Å². The number of nitrogens with one attached hydrogen (secondary N) is 1. The molecular weight excluding hydrogens is 330 g/mol. The average Bonchev–Trinajstić information content (AvgIpc) is 2.86. The lowest BCUT2D eigenvalue weighted by molar-refractivity contribution is -0.138. The maximum atomic E-state index is 11.8. The molecule has 0 bridgehead atoms. The summed E-state index contributed by atoms with van der Waals surface area (Å²) in [6.07, 6.45) is 2.04. The standard InChI is InChI=1S/C20H17N3O3/c24-20(25)17(13-6-2-1-3-7-13)23-19-15-10-11-26-16-9-5-4-8-14(16)18(15)21-12-22-19/h1-9,12,17H,10-11H2,(H,24,25)(H,21,22,23). The van der Waals surface area contributed by atoms with Crippen LogP contribution < -0.4 is 10.1 Å². The van der Waals surface area contributed by atoms with Gasteiger partial charge >= 0.3 is 5.97 Å². The Kier molecular flexibility index (Phi) is 4.23. The molecule has 1 aliphatic rings. The molecule has 0 spiro atoms. The number of aromatic nitrogens is 2. The Morgan fingerprint density at radius 3 is 2.65 bits per heavy atom. The lowest BCUT2D eigenvalue weighted by Gasteiger charge is -2.18. The van der Waals surface area contributed by atoms with Crippen LogP contribution in [-0.4, -0.2) is 27.7 Å². The minimum atomic E-state index is -0.964. The summed E-state index contributed by atoms with van der Waals surface area (Å²) in [4.78, 5) is 20.5. The lowest BCUT2D eigenvalue weighted by Crippen LogP contribution is -2.22. The van der Waals surface area contributed by atoms with Gasteiger partial charge < -0.3 is 15.2 Å². The van der Waals surface area contributed by atoms with E-state index in [4.69, 9.17) is 4.74 Å². The van der Waals surface area contributed by atoms with E-state index in [-0.39, 0.29) is 0 Å². The fourth-order valence-electron chi connectivity index (χ4n) is 3.13. The molecule has 1 unspecified atom stereocenters. The fourth-order valence-corrected chi connectivity index (χ4v) is 3.13. The highest BCUT2D eigenvalue weighted by Gasteiger charge is 2.24. The molecule has 0 aliphatic carbocycles. The summed E-state index contributed by atoms with van der Waals surface area (Å²) in [5.41, 5.74) is 3.18. The first-order chi connectivity index (χ1) is 12.7. The fraction of sp³-hybridized carbons (Fsp3) is 0.150. The van der Waals surface area contributed by atoms with Crippen molar-refractivity contribution in [2.75, 3.05) is 11.9 Å². The molecule has 130 valence electrons. The third-order valence-electron chi connectivity index (χ3n) is 4.36. The number of fused-ring (bicyclic) bond motifs is 3. The normalized spacial score (nSPS) is 13.5. The number of ether oxygens (including phenoxy) is 1. The summed E-state index contributed by atoms with van der Waals surface area (Å²) in [5, 5.41) is 12.8. The number of para-hydroxylation sites is 1. The van der Waals surface area contributed by atoms with Crippen LogP contribution in [-0.2, 0) is 11.2 Å². The Hall–Kier alpha value is -3.41. The molecule has 0 saturated carbocycles. The second kappa shape index (κ2) is 6.84. The first kappa shape index (κ1) is 16.1. The Morgan fingerprint density at radius 1 is 1.08 bits per heavy atom. The van der Waals surface area contributed by atoms with Gasteiger partial charge in [-0.3, -0.25) is 0 Å². The van der Waals surface area contributed by atoms with E-state index in [1.54, 1.807) is 12.1 Å². The molecule has 3 aromatic rings. The number of aliphatic carboxylic acids is 1. The molecule has 1 atom stereocenters. The van der Waals surface area contributed by atoms with Gasteiger partial charge in [-0.2, -0.15) is 0 Å². The van der Waals surface area contributed by atoms with Crippen LogP contribution >= 0.6 is 0 Å². The Bertz CT molecular complexity index is 944. The maximum Gasteiger partial charge on any atom is 0.330 e. The number of nitrogens with zero attached hydrogens (tertiary/aromatic N) is 2. The number of hydrogen-bond acceptors (Lipinski definition) is 5. The van der Waals surface area contributed by atoms with E-state index >= 15 is 0 Å². The summed E-state index contributed by atoms with van der Waals surface area (Å²) in [6.45, 7) is 0.481. The molecule has 2 heterocycles. The van der Waals surface area contributed by atoms with Crippen LogP contribution in [0.5, 0.6) is 5.75 Å². The number of carboxylic acid groups (broad SMARTS) is 1. The molecule has 0 amide bonds. The number of carbonyl (C=O) groups is 1. The van der Waals surface area contributed by atoms with Gasteiger partial charge in [0.1, 0.15) is 17.9 Å². The van der Waals surface area contributed by atoms with Crippen LogP contribution in [0.3, 0.4) is 0 Å². The van der Waals surface area contributed by atoms with Crippen molar-refractivity contribution in [3.8, 4) is 17.0 Å². The van der Waals surface area contributed by atoms with E-state index in [0.29, 0.717) is 24.4 Å². The molecule has 0 saturated heterocycles. The largest absolute Gasteiger partial charge is 0.493 e. The van der Waals surface area contributed by atoms with Gasteiger partial charge in [0.15, 0.2) is 6.04 Å². The molecule has 0 fully saturated rings. The second-order valence-electron chi connectivity index (χ2n) is 5.97. The first-order valence-corrected chi connectivity index (χ1v) is 8.34. The molecule has 1 aliphatic heterocycles.